The molecule has 37 heavy (non-hydrogen) atoms. The van der Waals surface area contributed by atoms with Crippen LogP contribution >= 0.6 is 22.7 Å². The molecular formula is C25H30N6O3S3. The molecule has 0 unspecified atom stereocenters. The van der Waals surface area contributed by atoms with Crippen molar-refractivity contribution in [3.63, 3.8) is 0 Å². The number of H-pyrrole nitrogens is 1. The molecule has 0 saturated carbocycles. The molecule has 0 radical (unpaired) electrons. The van der Waals surface area contributed by atoms with Gasteiger partial charge in [-0.25, -0.2) is 13.4 Å². The van der Waals surface area contributed by atoms with E-state index in [1.165, 1.54) is 20.5 Å². The summed E-state index contributed by atoms with van der Waals surface area (Å²) in [6, 6.07) is 11.0. The molecule has 1 amide bonds. The van der Waals surface area contributed by atoms with Crippen molar-refractivity contribution in [2.24, 2.45) is 0 Å². The minimum atomic E-state index is -3.63. The summed E-state index contributed by atoms with van der Waals surface area (Å²) in [6.45, 7) is 4.86. The van der Waals surface area contributed by atoms with E-state index in [1.807, 2.05) is 30.5 Å². The summed E-state index contributed by atoms with van der Waals surface area (Å²) in [7, 11) is 1.53. The van der Waals surface area contributed by atoms with Crippen molar-refractivity contribution in [3.05, 3.63) is 52.9 Å². The summed E-state index contributed by atoms with van der Waals surface area (Å²) in [4.78, 5) is 27.5. The number of fused-ring (bicyclic) bond motifs is 1. The van der Waals surface area contributed by atoms with Gasteiger partial charge in [-0.15, -0.1) is 22.7 Å². The Kier molecular flexibility index (Phi) is 7.37. The van der Waals surface area contributed by atoms with Crippen molar-refractivity contribution < 1.29 is 13.2 Å². The van der Waals surface area contributed by atoms with Gasteiger partial charge in [-0.1, -0.05) is 18.2 Å². The van der Waals surface area contributed by atoms with E-state index in [1.54, 1.807) is 54.9 Å². The summed E-state index contributed by atoms with van der Waals surface area (Å²) in [6.07, 6.45) is 1.92. The van der Waals surface area contributed by atoms with Crippen LogP contribution in [0.25, 0.3) is 21.6 Å². The molecule has 1 aliphatic heterocycles. The van der Waals surface area contributed by atoms with E-state index < -0.39 is 10.0 Å². The molecule has 1 N–H and O–H groups in total. The van der Waals surface area contributed by atoms with Crippen molar-refractivity contribution in [2.45, 2.75) is 10.8 Å². The van der Waals surface area contributed by atoms with Gasteiger partial charge in [0.25, 0.3) is 10.0 Å². The fourth-order valence-electron chi connectivity index (χ4n) is 4.36. The molecule has 4 aromatic rings. The number of hydrogen-bond donors (Lipinski definition) is 1. The summed E-state index contributed by atoms with van der Waals surface area (Å²) in [5.41, 5.74) is 2.23. The molecule has 4 heterocycles. The predicted molar refractivity (Wildman–Crippen MR) is 150 cm³/mol. The van der Waals surface area contributed by atoms with Gasteiger partial charge in [0.15, 0.2) is 0 Å². The van der Waals surface area contributed by atoms with E-state index >= 15 is 0 Å². The Morgan fingerprint density at radius 3 is 2.54 bits per heavy atom. The highest BCUT2D eigenvalue weighted by atomic mass is 32.2. The maximum Gasteiger partial charge on any atom is 0.273 e. The number of hydrogen-bond acceptors (Lipinski definition) is 8. The van der Waals surface area contributed by atoms with E-state index in [0.717, 1.165) is 54.3 Å². The van der Waals surface area contributed by atoms with Gasteiger partial charge in [-0.05, 0) is 23.6 Å². The number of thiazole rings is 1. The maximum absolute atomic E-state index is 13.1. The first-order valence-electron chi connectivity index (χ1n) is 12.0. The van der Waals surface area contributed by atoms with Crippen LogP contribution in [0.1, 0.15) is 4.88 Å². The van der Waals surface area contributed by atoms with Crippen molar-refractivity contribution >= 4 is 55.2 Å². The average molecular weight is 559 g/mol. The molecule has 0 spiro atoms. The third-order valence-electron chi connectivity index (χ3n) is 6.57. The molecule has 0 atom stereocenters. The number of thiophene rings is 1. The molecule has 5 rings (SSSR count). The normalized spacial score (nSPS) is 15.3. The summed E-state index contributed by atoms with van der Waals surface area (Å²) in [5, 5.41) is 3.57. The standard InChI is InChI=1S/C25H30N6O3S3/c1-28(2)22(32)17-31-11-9-30(10-12-31)16-19-15-26-25(36-19)20-14-18-6-4-7-21(24(18)27-20)29(3)37(33,34)23-8-5-13-35-23/h4-8,13-15,27H,9-12,16-17H2,1-3H3. The van der Waals surface area contributed by atoms with Crippen LogP contribution < -0.4 is 4.31 Å². The first-order valence-corrected chi connectivity index (χ1v) is 15.1. The maximum atomic E-state index is 13.1. The number of nitrogens with one attached hydrogen (secondary N) is 1. The summed E-state index contributed by atoms with van der Waals surface area (Å²) >= 11 is 2.85. The minimum absolute atomic E-state index is 0.136. The Labute approximate surface area is 225 Å². The number of benzene rings is 1. The van der Waals surface area contributed by atoms with E-state index in [4.69, 9.17) is 0 Å². The van der Waals surface area contributed by atoms with Crippen molar-refractivity contribution in [1.82, 2.24) is 24.7 Å². The van der Waals surface area contributed by atoms with Crippen molar-refractivity contribution in [3.8, 4) is 10.7 Å². The Morgan fingerprint density at radius 1 is 1.08 bits per heavy atom. The van der Waals surface area contributed by atoms with Gasteiger partial charge in [0, 0.05) is 70.3 Å². The van der Waals surface area contributed by atoms with Crippen LogP contribution in [0.5, 0.6) is 0 Å². The second-order valence-electron chi connectivity index (χ2n) is 9.30. The van der Waals surface area contributed by atoms with Gasteiger partial charge in [0.1, 0.15) is 9.22 Å². The molecule has 196 valence electrons. The highest BCUT2D eigenvalue weighted by Crippen LogP contribution is 2.35. The Bertz CT molecular complexity index is 1480. The number of piperazine rings is 1. The molecule has 9 nitrogen and oxygen atoms in total. The van der Waals surface area contributed by atoms with Gasteiger partial charge in [-0.2, -0.15) is 0 Å². The molecule has 1 aromatic carbocycles. The van der Waals surface area contributed by atoms with Crippen LogP contribution in [0.3, 0.4) is 0 Å². The Morgan fingerprint density at radius 2 is 1.84 bits per heavy atom. The Balaban J connectivity index is 1.29. The predicted octanol–water partition coefficient (Wildman–Crippen LogP) is 3.38. The number of anilines is 1. The average Bonchev–Trinajstić information content (AvgIpc) is 3.65. The molecule has 3 aromatic heterocycles. The molecule has 12 heteroatoms. The third-order valence-corrected chi connectivity index (χ3v) is 10.7. The van der Waals surface area contributed by atoms with Crippen LogP contribution in [-0.2, 0) is 21.4 Å². The number of aromatic amines is 1. The second-order valence-corrected chi connectivity index (χ2v) is 13.6. The van der Waals surface area contributed by atoms with Gasteiger partial charge in [0.05, 0.1) is 23.4 Å². The fraction of sp³-hybridized carbons (Fsp3) is 0.360. The van der Waals surface area contributed by atoms with Gasteiger partial charge >= 0.3 is 0 Å². The Hall–Kier alpha value is -2.77. The molecule has 1 aliphatic rings. The smallest absolute Gasteiger partial charge is 0.273 e. The number of likely N-dealkylation sites (N-methyl/N-ethyl adjacent to an activating group) is 1. The quantitative estimate of drug-likeness (QED) is 0.357. The molecular weight excluding hydrogens is 529 g/mol. The second kappa shape index (κ2) is 10.5. The van der Waals surface area contributed by atoms with Crippen LogP contribution in [0.15, 0.2) is 52.2 Å². The van der Waals surface area contributed by atoms with Gasteiger partial charge in [0.2, 0.25) is 5.91 Å². The van der Waals surface area contributed by atoms with E-state index in [0.29, 0.717) is 16.4 Å². The number of rotatable bonds is 8. The first kappa shape index (κ1) is 25.9. The third kappa shape index (κ3) is 5.43. The lowest BCUT2D eigenvalue weighted by Crippen LogP contribution is -2.48. The van der Waals surface area contributed by atoms with E-state index in [2.05, 4.69) is 19.8 Å². The van der Waals surface area contributed by atoms with Crippen LogP contribution in [0, 0.1) is 0 Å². The number of para-hydroxylation sites is 1. The molecule has 1 saturated heterocycles. The lowest BCUT2D eigenvalue weighted by Gasteiger charge is -2.34. The zero-order valence-electron chi connectivity index (χ0n) is 21.0. The molecule has 1 fully saturated rings. The van der Waals surface area contributed by atoms with Gasteiger partial charge < -0.3 is 9.88 Å². The topological polar surface area (TPSA) is 92.8 Å². The van der Waals surface area contributed by atoms with Crippen LogP contribution in [-0.4, -0.2) is 92.9 Å². The molecule has 0 aliphatic carbocycles. The van der Waals surface area contributed by atoms with E-state index in [9.17, 15) is 13.2 Å². The summed E-state index contributed by atoms with van der Waals surface area (Å²) in [5.74, 6) is 0.136. The van der Waals surface area contributed by atoms with Gasteiger partial charge in [-0.3, -0.25) is 18.9 Å². The fourth-order valence-corrected chi connectivity index (χ4v) is 7.65. The lowest BCUT2D eigenvalue weighted by molar-refractivity contribution is -0.130. The number of sulfonamides is 1. The number of carbonyl (C=O) groups excluding carboxylic acids is 1. The molecule has 0 bridgehead atoms. The van der Waals surface area contributed by atoms with Crippen molar-refractivity contribution in [1.29, 1.82) is 0 Å². The number of amides is 1. The number of aromatic nitrogens is 2. The highest BCUT2D eigenvalue weighted by molar-refractivity contribution is 7.94. The number of nitrogens with zero attached hydrogens (tertiary/aromatic N) is 5. The zero-order chi connectivity index (χ0) is 26.2. The highest BCUT2D eigenvalue weighted by Gasteiger charge is 2.25. The minimum Gasteiger partial charge on any atom is -0.351 e. The SMILES string of the molecule is CN(C)C(=O)CN1CCN(Cc2cnc(-c3cc4cccc(N(C)S(=O)(=O)c5cccs5)c4[nH]3)s2)CC1. The lowest BCUT2D eigenvalue weighted by atomic mass is 10.2. The largest absolute Gasteiger partial charge is 0.351 e. The van der Waals surface area contributed by atoms with Crippen molar-refractivity contribution in [2.75, 3.05) is 58.2 Å². The van der Waals surface area contributed by atoms with Crippen LogP contribution in [0.2, 0.25) is 0 Å². The number of carbonyl (C=O) groups is 1. The monoisotopic (exact) mass is 558 g/mol. The van der Waals surface area contributed by atoms with Crippen LogP contribution in [0.4, 0.5) is 5.69 Å². The first-order chi connectivity index (χ1) is 17.7. The zero-order valence-corrected chi connectivity index (χ0v) is 23.5. The van der Waals surface area contributed by atoms with E-state index in [-0.39, 0.29) is 5.91 Å². The summed E-state index contributed by atoms with van der Waals surface area (Å²) < 4.78 is 27.8.